The Balaban J connectivity index is 1.49. The van der Waals surface area contributed by atoms with Gasteiger partial charge in [-0.05, 0) is 49.9 Å². The van der Waals surface area contributed by atoms with Crippen molar-refractivity contribution in [3.05, 3.63) is 97.0 Å². The summed E-state index contributed by atoms with van der Waals surface area (Å²) in [5, 5.41) is 14.7. The molecule has 1 aromatic heterocycles. The normalized spacial score (nSPS) is 16.5. The van der Waals surface area contributed by atoms with Gasteiger partial charge in [-0.3, -0.25) is 19.7 Å². The fourth-order valence-electron chi connectivity index (χ4n) is 5.17. The van der Waals surface area contributed by atoms with E-state index in [-0.39, 0.29) is 17.0 Å². The number of non-ortho nitro benzene ring substituents is 1. The average Bonchev–Trinajstić information content (AvgIpc) is 2.92. The summed E-state index contributed by atoms with van der Waals surface area (Å²) >= 11 is 1.35. The van der Waals surface area contributed by atoms with E-state index in [0.717, 1.165) is 48.4 Å². The van der Waals surface area contributed by atoms with E-state index >= 15 is 0 Å². The topological polar surface area (TPSA) is 121 Å². The number of benzene rings is 2. The van der Waals surface area contributed by atoms with Crippen molar-refractivity contribution in [2.45, 2.75) is 49.9 Å². The van der Waals surface area contributed by atoms with Crippen LogP contribution in [0.15, 0.2) is 69.8 Å². The van der Waals surface area contributed by atoms with Crippen molar-refractivity contribution in [1.29, 1.82) is 0 Å². The van der Waals surface area contributed by atoms with Crippen molar-refractivity contribution in [2.75, 3.05) is 23.3 Å². The Labute approximate surface area is 224 Å². The van der Waals surface area contributed by atoms with Crippen LogP contribution in [-0.2, 0) is 10.5 Å². The van der Waals surface area contributed by atoms with Crippen molar-refractivity contribution in [1.82, 2.24) is 9.97 Å². The van der Waals surface area contributed by atoms with Crippen molar-refractivity contribution >= 4 is 34.7 Å². The summed E-state index contributed by atoms with van der Waals surface area (Å²) < 4.78 is 0. The molecule has 0 unspecified atom stereocenters. The Hall–Kier alpha value is -3.92. The molecule has 0 radical (unpaired) electrons. The summed E-state index contributed by atoms with van der Waals surface area (Å²) in [6.07, 6.45) is 1.96. The number of Topliss-reactive ketones (excluding diaryl/α,β-unsaturated/α-hetero) is 1. The number of thioether (sulfide) groups is 1. The number of hydrogen-bond donors (Lipinski definition) is 2. The summed E-state index contributed by atoms with van der Waals surface area (Å²) in [5.74, 6) is 0.553. The fraction of sp³-hybridized carbons (Fsp3) is 0.321. The van der Waals surface area contributed by atoms with Gasteiger partial charge in [0.05, 0.1) is 10.5 Å². The van der Waals surface area contributed by atoms with E-state index < -0.39 is 10.8 Å². The lowest BCUT2D eigenvalue weighted by Gasteiger charge is -2.33. The second-order valence-corrected chi connectivity index (χ2v) is 10.3. The molecule has 1 atom stereocenters. The lowest BCUT2D eigenvalue weighted by atomic mass is 9.76. The molecule has 2 aliphatic rings. The Kier molecular flexibility index (Phi) is 7.33. The third-order valence-corrected chi connectivity index (χ3v) is 8.06. The number of nitrogens with zero attached hydrogens (tertiary/aromatic N) is 3. The van der Waals surface area contributed by atoms with Crippen LogP contribution in [0.2, 0.25) is 0 Å². The first kappa shape index (κ1) is 25.7. The van der Waals surface area contributed by atoms with Crippen LogP contribution in [0.3, 0.4) is 0 Å². The largest absolute Gasteiger partial charge is 0.372 e. The third kappa shape index (κ3) is 4.96. The highest BCUT2D eigenvalue weighted by atomic mass is 32.2. The highest BCUT2D eigenvalue weighted by Crippen LogP contribution is 2.43. The number of H-pyrrole nitrogens is 1. The molecule has 0 bridgehead atoms. The summed E-state index contributed by atoms with van der Waals surface area (Å²) in [6.45, 7) is 6.01. The zero-order valence-corrected chi connectivity index (χ0v) is 22.1. The van der Waals surface area contributed by atoms with Crippen LogP contribution < -0.4 is 15.8 Å². The van der Waals surface area contributed by atoms with E-state index in [1.165, 1.54) is 23.9 Å². The summed E-state index contributed by atoms with van der Waals surface area (Å²) in [7, 11) is 0. The predicted molar refractivity (Wildman–Crippen MR) is 149 cm³/mol. The standard InChI is InChI=1S/C28H29N5O4S/c1-3-32(4-2)19-14-10-18(11-15-19)23-24-21(6-5-7-22(24)34)29-26-25(23)27(35)31-28(30-26)38-16-17-8-12-20(13-9-17)33(36)37/h8-15,23H,3-7,16H2,1-2H3,(H2,29,30,31,35)/t23-/m0/s1. The molecule has 0 spiro atoms. The molecule has 10 heteroatoms. The average molecular weight is 532 g/mol. The quantitative estimate of drug-likeness (QED) is 0.172. The minimum absolute atomic E-state index is 0.0329. The van der Waals surface area contributed by atoms with Crippen LogP contribution in [0.25, 0.3) is 0 Å². The maximum Gasteiger partial charge on any atom is 0.269 e. The monoisotopic (exact) mass is 531 g/mol. The fourth-order valence-corrected chi connectivity index (χ4v) is 5.99. The Bertz CT molecular complexity index is 1460. The van der Waals surface area contributed by atoms with E-state index in [1.807, 2.05) is 24.3 Å². The molecule has 1 aliphatic carbocycles. The van der Waals surface area contributed by atoms with Crippen LogP contribution >= 0.6 is 11.8 Å². The molecule has 196 valence electrons. The van der Waals surface area contributed by atoms with Gasteiger partial charge in [-0.2, -0.15) is 0 Å². The number of nitro groups is 1. The van der Waals surface area contributed by atoms with Gasteiger partial charge in [0.1, 0.15) is 5.82 Å². The maximum atomic E-state index is 13.5. The summed E-state index contributed by atoms with van der Waals surface area (Å²) in [4.78, 5) is 46.9. The van der Waals surface area contributed by atoms with Gasteiger partial charge < -0.3 is 15.2 Å². The number of nitro benzene ring substituents is 1. The molecule has 0 saturated carbocycles. The smallest absolute Gasteiger partial charge is 0.269 e. The van der Waals surface area contributed by atoms with Crippen LogP contribution in [-0.4, -0.2) is 33.8 Å². The summed E-state index contributed by atoms with van der Waals surface area (Å²) in [6, 6.07) is 14.4. The van der Waals surface area contributed by atoms with Crippen molar-refractivity contribution < 1.29 is 9.72 Å². The number of anilines is 2. The van der Waals surface area contributed by atoms with Crippen LogP contribution in [0, 0.1) is 10.1 Å². The molecule has 2 heterocycles. The van der Waals surface area contributed by atoms with Crippen molar-refractivity contribution in [3.63, 3.8) is 0 Å². The van der Waals surface area contributed by atoms with Gasteiger partial charge in [-0.25, -0.2) is 4.98 Å². The van der Waals surface area contributed by atoms with Crippen LogP contribution in [0.4, 0.5) is 17.2 Å². The third-order valence-electron chi connectivity index (χ3n) is 7.11. The first-order valence-electron chi connectivity index (χ1n) is 12.8. The number of fused-ring (bicyclic) bond motifs is 1. The highest BCUT2D eigenvalue weighted by Gasteiger charge is 2.37. The number of carbonyl (C=O) groups excluding carboxylic acids is 1. The van der Waals surface area contributed by atoms with Gasteiger partial charge in [0.15, 0.2) is 10.9 Å². The first-order chi connectivity index (χ1) is 18.4. The zero-order chi connectivity index (χ0) is 26.8. The Morgan fingerprint density at radius 3 is 2.42 bits per heavy atom. The number of aromatic amines is 1. The Morgan fingerprint density at radius 2 is 1.76 bits per heavy atom. The van der Waals surface area contributed by atoms with Gasteiger partial charge in [-0.15, -0.1) is 0 Å². The molecule has 3 aromatic rings. The predicted octanol–water partition coefficient (Wildman–Crippen LogP) is 5.38. The van der Waals surface area contributed by atoms with Gasteiger partial charge in [0.2, 0.25) is 0 Å². The van der Waals surface area contributed by atoms with Gasteiger partial charge >= 0.3 is 0 Å². The number of rotatable bonds is 8. The number of allylic oxidation sites excluding steroid dienone is 2. The second kappa shape index (κ2) is 10.8. The van der Waals surface area contributed by atoms with Crippen LogP contribution in [0.1, 0.15) is 55.7 Å². The van der Waals surface area contributed by atoms with Gasteiger partial charge in [0, 0.05) is 60.3 Å². The van der Waals surface area contributed by atoms with E-state index in [4.69, 9.17) is 4.98 Å². The van der Waals surface area contributed by atoms with E-state index in [2.05, 4.69) is 29.0 Å². The summed E-state index contributed by atoms with van der Waals surface area (Å²) in [5.41, 5.74) is 4.58. The molecule has 5 rings (SSSR count). The molecular weight excluding hydrogens is 502 g/mol. The maximum absolute atomic E-state index is 13.5. The Morgan fingerprint density at radius 1 is 1.05 bits per heavy atom. The number of carbonyl (C=O) groups is 1. The zero-order valence-electron chi connectivity index (χ0n) is 21.3. The lowest BCUT2D eigenvalue weighted by molar-refractivity contribution is -0.384. The molecule has 2 N–H and O–H groups in total. The number of nitrogens with one attached hydrogen (secondary N) is 2. The lowest BCUT2D eigenvalue weighted by Crippen LogP contribution is -2.32. The number of ketones is 1. The molecule has 38 heavy (non-hydrogen) atoms. The molecule has 2 aromatic carbocycles. The minimum atomic E-state index is -0.482. The minimum Gasteiger partial charge on any atom is -0.372 e. The van der Waals surface area contributed by atoms with E-state index in [1.54, 1.807) is 12.1 Å². The first-order valence-corrected chi connectivity index (χ1v) is 13.8. The van der Waals surface area contributed by atoms with Gasteiger partial charge in [-0.1, -0.05) is 36.0 Å². The van der Waals surface area contributed by atoms with E-state index in [9.17, 15) is 19.7 Å². The van der Waals surface area contributed by atoms with Crippen LogP contribution in [0.5, 0.6) is 0 Å². The van der Waals surface area contributed by atoms with Crippen molar-refractivity contribution in [3.8, 4) is 0 Å². The molecular formula is C28H29N5O4S. The number of hydrogen-bond acceptors (Lipinski definition) is 8. The second-order valence-electron chi connectivity index (χ2n) is 9.34. The molecule has 9 nitrogen and oxygen atoms in total. The SMILES string of the molecule is CCN(CC)c1ccc([C@H]2C3=C(CCCC3=O)Nc3nc(SCc4ccc([N+](=O)[O-])cc4)[nH]c(=O)c32)cc1. The molecule has 0 amide bonds. The van der Waals surface area contributed by atoms with E-state index in [0.29, 0.717) is 34.3 Å². The number of aromatic nitrogens is 2. The molecule has 0 fully saturated rings. The molecule has 1 aliphatic heterocycles. The van der Waals surface area contributed by atoms with Gasteiger partial charge in [0.25, 0.3) is 11.2 Å². The molecule has 0 saturated heterocycles. The highest BCUT2D eigenvalue weighted by molar-refractivity contribution is 7.98. The van der Waals surface area contributed by atoms with Crippen molar-refractivity contribution in [2.24, 2.45) is 0 Å².